The molecule has 0 unspecified atom stereocenters. The van der Waals surface area contributed by atoms with Crippen molar-refractivity contribution in [2.45, 2.75) is 33.1 Å². The molecule has 0 atom stereocenters. The van der Waals surface area contributed by atoms with Crippen LogP contribution in [0.5, 0.6) is 0 Å². The van der Waals surface area contributed by atoms with Gasteiger partial charge in [-0.05, 0) is 35.1 Å². The molecule has 0 heterocycles. The van der Waals surface area contributed by atoms with Crippen LogP contribution in [-0.4, -0.2) is 12.2 Å². The molecular formula is C19H23N3O. The molecule has 0 aliphatic carbocycles. The van der Waals surface area contributed by atoms with E-state index in [9.17, 15) is 4.79 Å². The first-order chi connectivity index (χ1) is 10.9. The Balaban J connectivity index is 1.91. The molecule has 2 N–H and O–H groups in total. The van der Waals surface area contributed by atoms with E-state index in [1.807, 2.05) is 43.3 Å². The van der Waals surface area contributed by atoms with Crippen molar-refractivity contribution in [3.63, 3.8) is 0 Å². The summed E-state index contributed by atoms with van der Waals surface area (Å²) < 4.78 is 0. The Hall–Kier alpha value is -2.62. The SMILES string of the molecule is Cc1ccccc1NC(=O)N/N=C\c1ccc(C(C)(C)C)cc1. The maximum Gasteiger partial charge on any atom is 0.339 e. The summed E-state index contributed by atoms with van der Waals surface area (Å²) in [4.78, 5) is 11.8. The van der Waals surface area contributed by atoms with Crippen molar-refractivity contribution in [1.29, 1.82) is 0 Å². The van der Waals surface area contributed by atoms with Crippen LogP contribution in [-0.2, 0) is 5.41 Å². The standard InChI is InChI=1S/C19H23N3O/c1-14-7-5-6-8-17(14)21-18(23)22-20-13-15-9-11-16(12-10-15)19(2,3)4/h5-13H,1-4H3,(H2,21,22,23)/b20-13-. The quantitative estimate of drug-likeness (QED) is 0.639. The van der Waals surface area contributed by atoms with E-state index in [0.29, 0.717) is 0 Å². The Labute approximate surface area is 137 Å². The summed E-state index contributed by atoms with van der Waals surface area (Å²) in [7, 11) is 0. The molecule has 2 amide bonds. The second kappa shape index (κ2) is 7.09. The number of rotatable bonds is 3. The topological polar surface area (TPSA) is 53.5 Å². The number of para-hydroxylation sites is 1. The zero-order valence-electron chi connectivity index (χ0n) is 14.1. The number of benzene rings is 2. The van der Waals surface area contributed by atoms with Gasteiger partial charge in [0.2, 0.25) is 0 Å². The number of hydrogen-bond donors (Lipinski definition) is 2. The molecule has 0 aliphatic rings. The Morgan fingerprint density at radius 3 is 2.30 bits per heavy atom. The van der Waals surface area contributed by atoms with E-state index in [-0.39, 0.29) is 11.4 Å². The molecule has 2 aromatic carbocycles. The molecule has 0 aromatic heterocycles. The lowest BCUT2D eigenvalue weighted by molar-refractivity contribution is 0.252. The van der Waals surface area contributed by atoms with Crippen LogP contribution < -0.4 is 10.7 Å². The molecule has 0 radical (unpaired) electrons. The second-order valence-corrected chi connectivity index (χ2v) is 6.51. The summed E-state index contributed by atoms with van der Waals surface area (Å²) in [6.07, 6.45) is 1.63. The average molecular weight is 309 g/mol. The summed E-state index contributed by atoms with van der Waals surface area (Å²) in [5, 5.41) is 6.73. The van der Waals surface area contributed by atoms with Crippen LogP contribution in [0, 0.1) is 6.92 Å². The van der Waals surface area contributed by atoms with Crippen molar-refractivity contribution in [2.75, 3.05) is 5.32 Å². The first-order valence-corrected chi connectivity index (χ1v) is 7.62. The van der Waals surface area contributed by atoms with Crippen molar-refractivity contribution in [3.8, 4) is 0 Å². The summed E-state index contributed by atoms with van der Waals surface area (Å²) in [6.45, 7) is 8.46. The van der Waals surface area contributed by atoms with E-state index in [4.69, 9.17) is 0 Å². The van der Waals surface area contributed by atoms with Gasteiger partial charge < -0.3 is 5.32 Å². The van der Waals surface area contributed by atoms with E-state index in [2.05, 4.69) is 48.7 Å². The molecule has 2 rings (SSSR count). The van der Waals surface area contributed by atoms with Crippen molar-refractivity contribution in [1.82, 2.24) is 5.43 Å². The first-order valence-electron chi connectivity index (χ1n) is 7.62. The molecule has 4 heteroatoms. The predicted molar refractivity (Wildman–Crippen MR) is 96.1 cm³/mol. The lowest BCUT2D eigenvalue weighted by Crippen LogP contribution is -2.24. The molecule has 2 aromatic rings. The zero-order valence-corrected chi connectivity index (χ0v) is 14.1. The summed E-state index contributed by atoms with van der Waals surface area (Å²) in [5.74, 6) is 0. The summed E-state index contributed by atoms with van der Waals surface area (Å²) in [6, 6.07) is 15.4. The van der Waals surface area contributed by atoms with Crippen molar-refractivity contribution in [2.24, 2.45) is 5.10 Å². The Bertz CT molecular complexity index is 697. The van der Waals surface area contributed by atoms with Gasteiger partial charge in [-0.2, -0.15) is 5.10 Å². The number of anilines is 1. The van der Waals surface area contributed by atoms with Crippen LogP contribution in [0.4, 0.5) is 10.5 Å². The van der Waals surface area contributed by atoms with E-state index < -0.39 is 0 Å². The molecule has 0 fully saturated rings. The van der Waals surface area contributed by atoms with Gasteiger partial charge in [0.15, 0.2) is 0 Å². The van der Waals surface area contributed by atoms with Crippen LogP contribution in [0.15, 0.2) is 53.6 Å². The van der Waals surface area contributed by atoms with E-state index >= 15 is 0 Å². The third-order valence-electron chi connectivity index (χ3n) is 3.55. The van der Waals surface area contributed by atoms with Gasteiger partial charge in [0.1, 0.15) is 0 Å². The minimum Gasteiger partial charge on any atom is -0.306 e. The van der Waals surface area contributed by atoms with E-state index in [0.717, 1.165) is 16.8 Å². The highest BCUT2D eigenvalue weighted by atomic mass is 16.2. The van der Waals surface area contributed by atoms with Gasteiger partial charge in [-0.3, -0.25) is 0 Å². The van der Waals surface area contributed by atoms with Crippen LogP contribution in [0.2, 0.25) is 0 Å². The Morgan fingerprint density at radius 1 is 1.04 bits per heavy atom. The van der Waals surface area contributed by atoms with Crippen molar-refractivity contribution in [3.05, 3.63) is 65.2 Å². The minimum absolute atomic E-state index is 0.126. The normalized spacial score (nSPS) is 11.5. The largest absolute Gasteiger partial charge is 0.339 e. The highest BCUT2D eigenvalue weighted by molar-refractivity contribution is 5.91. The number of nitrogens with zero attached hydrogens (tertiary/aromatic N) is 1. The van der Waals surface area contributed by atoms with E-state index in [1.54, 1.807) is 6.21 Å². The average Bonchev–Trinajstić information content (AvgIpc) is 2.49. The number of aryl methyl sites for hydroxylation is 1. The number of carbonyl (C=O) groups excluding carboxylic acids is 1. The lowest BCUT2D eigenvalue weighted by atomic mass is 9.87. The summed E-state index contributed by atoms with van der Waals surface area (Å²) in [5.41, 5.74) is 6.58. The fourth-order valence-electron chi connectivity index (χ4n) is 2.10. The number of amides is 2. The minimum atomic E-state index is -0.359. The van der Waals surface area contributed by atoms with Crippen molar-refractivity contribution < 1.29 is 4.79 Å². The summed E-state index contributed by atoms with van der Waals surface area (Å²) >= 11 is 0. The van der Waals surface area contributed by atoms with Gasteiger partial charge in [-0.25, -0.2) is 10.2 Å². The highest BCUT2D eigenvalue weighted by Crippen LogP contribution is 2.21. The lowest BCUT2D eigenvalue weighted by Gasteiger charge is -2.18. The predicted octanol–water partition coefficient (Wildman–Crippen LogP) is 4.45. The smallest absolute Gasteiger partial charge is 0.306 e. The van der Waals surface area contributed by atoms with Gasteiger partial charge in [-0.1, -0.05) is 63.2 Å². The fourth-order valence-corrected chi connectivity index (χ4v) is 2.10. The van der Waals surface area contributed by atoms with Gasteiger partial charge in [0.05, 0.1) is 6.21 Å². The highest BCUT2D eigenvalue weighted by Gasteiger charge is 2.12. The molecule has 0 bridgehead atoms. The van der Waals surface area contributed by atoms with Gasteiger partial charge >= 0.3 is 6.03 Å². The van der Waals surface area contributed by atoms with Gasteiger partial charge in [-0.15, -0.1) is 0 Å². The monoisotopic (exact) mass is 309 g/mol. The maximum absolute atomic E-state index is 11.8. The number of urea groups is 1. The number of hydrazone groups is 1. The van der Waals surface area contributed by atoms with Crippen LogP contribution >= 0.6 is 0 Å². The van der Waals surface area contributed by atoms with Crippen molar-refractivity contribution >= 4 is 17.9 Å². The molecule has 120 valence electrons. The molecule has 0 spiro atoms. The molecule has 23 heavy (non-hydrogen) atoms. The van der Waals surface area contributed by atoms with Crippen LogP contribution in [0.3, 0.4) is 0 Å². The number of carbonyl (C=O) groups is 1. The molecule has 0 aliphatic heterocycles. The third kappa shape index (κ3) is 4.95. The molecule has 4 nitrogen and oxygen atoms in total. The van der Waals surface area contributed by atoms with Gasteiger partial charge in [0.25, 0.3) is 0 Å². The van der Waals surface area contributed by atoms with E-state index in [1.165, 1.54) is 5.56 Å². The maximum atomic E-state index is 11.8. The Morgan fingerprint density at radius 2 is 1.70 bits per heavy atom. The van der Waals surface area contributed by atoms with Crippen LogP contribution in [0.1, 0.15) is 37.5 Å². The second-order valence-electron chi connectivity index (χ2n) is 6.51. The zero-order chi connectivity index (χ0) is 16.9. The number of hydrogen-bond acceptors (Lipinski definition) is 2. The van der Waals surface area contributed by atoms with Gasteiger partial charge in [0, 0.05) is 5.69 Å². The number of nitrogens with one attached hydrogen (secondary N) is 2. The fraction of sp³-hybridized carbons (Fsp3) is 0.263. The molecular weight excluding hydrogens is 286 g/mol. The Kier molecular flexibility index (Phi) is 5.16. The first kappa shape index (κ1) is 16.7. The third-order valence-corrected chi connectivity index (χ3v) is 3.55. The molecule has 0 saturated heterocycles. The molecule has 0 saturated carbocycles. The van der Waals surface area contributed by atoms with Crippen LogP contribution in [0.25, 0.3) is 0 Å².